The number of aromatic nitrogens is 2. The molecule has 0 saturated heterocycles. The lowest BCUT2D eigenvalue weighted by atomic mass is 10.2. The van der Waals surface area contributed by atoms with Crippen LogP contribution in [-0.2, 0) is 6.54 Å². The van der Waals surface area contributed by atoms with E-state index in [1.807, 2.05) is 0 Å². The molecular weight excluding hydrogens is 228 g/mol. The van der Waals surface area contributed by atoms with Crippen LogP contribution in [0.15, 0.2) is 0 Å². The molecule has 1 aromatic rings. The van der Waals surface area contributed by atoms with E-state index >= 15 is 0 Å². The number of halogens is 1. The van der Waals surface area contributed by atoms with Crippen LogP contribution in [0, 0.1) is 0 Å². The minimum Gasteiger partial charge on any atom is -0.478 e. The van der Waals surface area contributed by atoms with Crippen LogP contribution in [0.3, 0.4) is 0 Å². The Balaban J connectivity index is 2.32. The molecule has 1 aromatic heterocycles. The van der Waals surface area contributed by atoms with Crippen molar-refractivity contribution in [2.45, 2.75) is 45.1 Å². The van der Waals surface area contributed by atoms with Gasteiger partial charge in [0.15, 0.2) is 0 Å². The van der Waals surface area contributed by atoms with Gasteiger partial charge < -0.3 is 5.11 Å². The van der Waals surface area contributed by atoms with Gasteiger partial charge in [0.25, 0.3) is 0 Å². The standard InChI is InChI=1S/C11H15ClN2O2/c1-2-3-6-14-10(12)8(11(15)16)9(13-14)7-4-5-7/h7H,2-6H2,1H3,(H,15,16). The van der Waals surface area contributed by atoms with Crippen LogP contribution < -0.4 is 0 Å². The van der Waals surface area contributed by atoms with Crippen molar-refractivity contribution < 1.29 is 9.90 Å². The monoisotopic (exact) mass is 242 g/mol. The molecule has 0 amide bonds. The number of aromatic carboxylic acids is 1. The maximum absolute atomic E-state index is 11.1. The van der Waals surface area contributed by atoms with Crippen molar-refractivity contribution in [3.63, 3.8) is 0 Å². The summed E-state index contributed by atoms with van der Waals surface area (Å²) in [6.07, 6.45) is 4.06. The SMILES string of the molecule is CCCCn1nc(C2CC2)c(C(=O)O)c1Cl. The lowest BCUT2D eigenvalue weighted by Crippen LogP contribution is -2.01. The van der Waals surface area contributed by atoms with Gasteiger partial charge in [0, 0.05) is 12.5 Å². The van der Waals surface area contributed by atoms with Gasteiger partial charge in [-0.25, -0.2) is 4.79 Å². The number of nitrogens with zero attached hydrogens (tertiary/aromatic N) is 2. The summed E-state index contributed by atoms with van der Waals surface area (Å²) in [5.41, 5.74) is 0.883. The molecule has 0 aromatic carbocycles. The fourth-order valence-electron chi connectivity index (χ4n) is 1.76. The van der Waals surface area contributed by atoms with E-state index in [4.69, 9.17) is 16.7 Å². The highest BCUT2D eigenvalue weighted by Crippen LogP contribution is 2.42. The third-order valence-corrected chi connectivity index (χ3v) is 3.20. The second-order valence-corrected chi connectivity index (χ2v) is 4.57. The highest BCUT2D eigenvalue weighted by atomic mass is 35.5. The van der Waals surface area contributed by atoms with E-state index in [0.717, 1.165) is 25.7 Å². The van der Waals surface area contributed by atoms with Crippen molar-refractivity contribution in [1.29, 1.82) is 0 Å². The first-order chi connectivity index (χ1) is 7.65. The molecule has 1 aliphatic carbocycles. The van der Waals surface area contributed by atoms with Gasteiger partial charge in [0.05, 0.1) is 5.69 Å². The Labute approximate surface area is 99.2 Å². The van der Waals surface area contributed by atoms with Gasteiger partial charge >= 0.3 is 5.97 Å². The normalized spacial score (nSPS) is 15.4. The Morgan fingerprint density at radius 3 is 2.81 bits per heavy atom. The van der Waals surface area contributed by atoms with Crippen LogP contribution in [0.2, 0.25) is 5.15 Å². The molecule has 4 nitrogen and oxygen atoms in total. The summed E-state index contributed by atoms with van der Waals surface area (Å²) < 4.78 is 1.63. The largest absolute Gasteiger partial charge is 0.478 e. The third kappa shape index (κ3) is 2.07. The summed E-state index contributed by atoms with van der Waals surface area (Å²) in [5.74, 6) is -0.652. The van der Waals surface area contributed by atoms with Crippen LogP contribution >= 0.6 is 11.6 Å². The van der Waals surface area contributed by atoms with Gasteiger partial charge in [0.2, 0.25) is 0 Å². The molecule has 0 radical (unpaired) electrons. The molecule has 1 saturated carbocycles. The molecule has 0 spiro atoms. The number of carbonyl (C=O) groups is 1. The van der Waals surface area contributed by atoms with Crippen molar-refractivity contribution in [2.75, 3.05) is 0 Å². The van der Waals surface area contributed by atoms with E-state index in [1.54, 1.807) is 4.68 Å². The van der Waals surface area contributed by atoms with Crippen molar-refractivity contribution in [2.24, 2.45) is 0 Å². The van der Waals surface area contributed by atoms with Crippen molar-refractivity contribution in [3.05, 3.63) is 16.4 Å². The summed E-state index contributed by atoms with van der Waals surface area (Å²) in [4.78, 5) is 11.1. The first-order valence-electron chi connectivity index (χ1n) is 5.64. The molecule has 1 heterocycles. The van der Waals surface area contributed by atoms with Crippen LogP contribution in [-0.4, -0.2) is 20.9 Å². The smallest absolute Gasteiger partial charge is 0.340 e. The van der Waals surface area contributed by atoms with Crippen molar-refractivity contribution in [3.8, 4) is 0 Å². The molecule has 0 atom stereocenters. The summed E-state index contributed by atoms with van der Waals surface area (Å²) in [6.45, 7) is 2.78. The summed E-state index contributed by atoms with van der Waals surface area (Å²) >= 11 is 6.05. The minimum absolute atomic E-state index is 0.209. The molecule has 1 aliphatic rings. The van der Waals surface area contributed by atoms with Crippen molar-refractivity contribution >= 4 is 17.6 Å². The molecule has 0 aliphatic heterocycles. The van der Waals surface area contributed by atoms with E-state index in [0.29, 0.717) is 18.2 Å². The Morgan fingerprint density at radius 1 is 1.62 bits per heavy atom. The predicted molar refractivity (Wildman–Crippen MR) is 61.1 cm³/mol. The molecule has 0 bridgehead atoms. The van der Waals surface area contributed by atoms with Crippen LogP contribution in [0.25, 0.3) is 0 Å². The fraction of sp³-hybridized carbons (Fsp3) is 0.636. The zero-order valence-corrected chi connectivity index (χ0v) is 10.00. The van der Waals surface area contributed by atoms with E-state index in [2.05, 4.69) is 12.0 Å². The van der Waals surface area contributed by atoms with Gasteiger partial charge in [-0.3, -0.25) is 4.68 Å². The Kier molecular flexibility index (Phi) is 3.19. The highest BCUT2D eigenvalue weighted by Gasteiger charge is 2.33. The lowest BCUT2D eigenvalue weighted by Gasteiger charge is -2.00. The number of aryl methyl sites for hydroxylation is 1. The zero-order chi connectivity index (χ0) is 11.7. The number of hydrogen-bond donors (Lipinski definition) is 1. The molecule has 16 heavy (non-hydrogen) atoms. The number of carboxylic acid groups (broad SMARTS) is 1. The Hall–Kier alpha value is -1.03. The maximum Gasteiger partial charge on any atom is 0.340 e. The number of hydrogen-bond acceptors (Lipinski definition) is 2. The first-order valence-corrected chi connectivity index (χ1v) is 6.02. The number of rotatable bonds is 5. The summed E-state index contributed by atoms with van der Waals surface area (Å²) in [7, 11) is 0. The molecule has 5 heteroatoms. The number of unbranched alkanes of at least 4 members (excludes halogenated alkanes) is 1. The van der Waals surface area contributed by atoms with Gasteiger partial charge in [-0.1, -0.05) is 24.9 Å². The second kappa shape index (κ2) is 4.45. The quantitative estimate of drug-likeness (QED) is 0.864. The summed E-state index contributed by atoms with van der Waals surface area (Å²) in [5, 5.41) is 13.7. The topological polar surface area (TPSA) is 55.1 Å². The molecular formula is C11H15ClN2O2. The van der Waals surface area contributed by atoms with Crippen LogP contribution in [0.1, 0.15) is 54.6 Å². The molecule has 1 fully saturated rings. The van der Waals surface area contributed by atoms with Crippen LogP contribution in [0.5, 0.6) is 0 Å². The van der Waals surface area contributed by atoms with Crippen LogP contribution in [0.4, 0.5) is 0 Å². The summed E-state index contributed by atoms with van der Waals surface area (Å²) in [6, 6.07) is 0. The second-order valence-electron chi connectivity index (χ2n) is 4.21. The third-order valence-electron chi connectivity index (χ3n) is 2.82. The van der Waals surface area contributed by atoms with E-state index in [9.17, 15) is 4.79 Å². The molecule has 88 valence electrons. The van der Waals surface area contributed by atoms with Gasteiger partial charge in [-0.15, -0.1) is 0 Å². The number of carboxylic acids is 1. The van der Waals surface area contributed by atoms with E-state index in [-0.39, 0.29) is 10.7 Å². The average molecular weight is 243 g/mol. The zero-order valence-electron chi connectivity index (χ0n) is 9.24. The van der Waals surface area contributed by atoms with Crippen molar-refractivity contribution in [1.82, 2.24) is 9.78 Å². The minimum atomic E-state index is -0.963. The predicted octanol–water partition coefficient (Wildman–Crippen LogP) is 2.91. The Morgan fingerprint density at radius 2 is 2.31 bits per heavy atom. The Bertz CT molecular complexity index is 410. The molecule has 0 unspecified atom stereocenters. The van der Waals surface area contributed by atoms with E-state index in [1.165, 1.54) is 0 Å². The van der Waals surface area contributed by atoms with Gasteiger partial charge in [0.1, 0.15) is 10.7 Å². The molecule has 2 rings (SSSR count). The highest BCUT2D eigenvalue weighted by molar-refractivity contribution is 6.32. The first kappa shape index (κ1) is 11.5. The van der Waals surface area contributed by atoms with E-state index < -0.39 is 5.97 Å². The van der Waals surface area contributed by atoms with Gasteiger partial charge in [-0.2, -0.15) is 5.10 Å². The van der Waals surface area contributed by atoms with Gasteiger partial charge in [-0.05, 0) is 19.3 Å². The average Bonchev–Trinajstić information content (AvgIpc) is 3.01. The molecule has 1 N–H and O–H groups in total. The maximum atomic E-state index is 11.1. The fourth-order valence-corrected chi connectivity index (χ4v) is 2.06. The lowest BCUT2D eigenvalue weighted by molar-refractivity contribution is 0.0695.